The van der Waals surface area contributed by atoms with E-state index in [4.69, 9.17) is 9.47 Å². The number of methoxy groups -OCH3 is 2. The molecule has 1 aliphatic rings. The summed E-state index contributed by atoms with van der Waals surface area (Å²) < 4.78 is 10.8. The van der Waals surface area contributed by atoms with Crippen LogP contribution in [0.25, 0.3) is 11.1 Å². The van der Waals surface area contributed by atoms with Gasteiger partial charge in [-0.15, -0.1) is 6.58 Å². The Morgan fingerprint density at radius 3 is 1.73 bits per heavy atom. The Balaban J connectivity index is 1.90. The number of nitrogens with zero attached hydrogens (tertiary/aromatic N) is 1. The summed E-state index contributed by atoms with van der Waals surface area (Å²) >= 11 is 0. The first-order chi connectivity index (χ1) is 19.9. The highest BCUT2D eigenvalue weighted by molar-refractivity contribution is 5.87. The zero-order chi connectivity index (χ0) is 29.0. The summed E-state index contributed by atoms with van der Waals surface area (Å²) in [6.45, 7) is 6.31. The average Bonchev–Trinajstić information content (AvgIpc) is 3.31. The van der Waals surface area contributed by atoms with Crippen molar-refractivity contribution in [2.24, 2.45) is 5.92 Å². The number of benzene rings is 4. The molecule has 4 aromatic carbocycles. The predicted octanol–water partition coefficient (Wildman–Crippen LogP) is 6.76. The summed E-state index contributed by atoms with van der Waals surface area (Å²) in [7, 11) is 2.73. The molecule has 0 spiro atoms. The van der Waals surface area contributed by atoms with E-state index in [0.717, 1.165) is 39.0 Å². The van der Waals surface area contributed by atoms with Gasteiger partial charge in [0.1, 0.15) is 6.04 Å². The van der Waals surface area contributed by atoms with Crippen LogP contribution >= 0.6 is 0 Å². The molecular weight excluding hydrogens is 510 g/mol. The van der Waals surface area contributed by atoms with Gasteiger partial charge in [0.15, 0.2) is 0 Å². The molecule has 0 bridgehead atoms. The fourth-order valence-electron chi connectivity index (χ4n) is 6.36. The van der Waals surface area contributed by atoms with E-state index in [2.05, 4.69) is 47.9 Å². The van der Waals surface area contributed by atoms with Crippen molar-refractivity contribution in [1.29, 1.82) is 0 Å². The third kappa shape index (κ3) is 4.98. The van der Waals surface area contributed by atoms with Crippen LogP contribution in [-0.2, 0) is 31.1 Å². The molecule has 2 atom stereocenters. The number of fused-ring (bicyclic) bond motifs is 3. The summed E-state index contributed by atoms with van der Waals surface area (Å²) in [5.74, 6) is -1.84. The summed E-state index contributed by atoms with van der Waals surface area (Å²) in [5, 5.41) is 0. The molecular formula is C36H35NO4. The first-order valence-electron chi connectivity index (χ1n) is 13.8. The molecule has 4 aromatic rings. The first kappa shape index (κ1) is 28.1. The number of carbonyl (C=O) groups is 2. The van der Waals surface area contributed by atoms with Gasteiger partial charge in [-0.3, -0.25) is 14.5 Å². The highest BCUT2D eigenvalue weighted by atomic mass is 16.5. The van der Waals surface area contributed by atoms with Crippen LogP contribution in [0.15, 0.2) is 121 Å². The minimum Gasteiger partial charge on any atom is -0.469 e. The molecule has 0 fully saturated rings. The smallest absolute Gasteiger partial charge is 0.324 e. The van der Waals surface area contributed by atoms with Crippen molar-refractivity contribution in [1.82, 2.24) is 4.90 Å². The van der Waals surface area contributed by atoms with E-state index in [1.54, 1.807) is 0 Å². The molecule has 0 heterocycles. The molecule has 0 aromatic heterocycles. The predicted molar refractivity (Wildman–Crippen MR) is 161 cm³/mol. The van der Waals surface area contributed by atoms with Gasteiger partial charge in [0.2, 0.25) is 0 Å². The van der Waals surface area contributed by atoms with Crippen LogP contribution in [0.1, 0.15) is 35.6 Å². The second-order valence-corrected chi connectivity index (χ2v) is 10.5. The van der Waals surface area contributed by atoms with Gasteiger partial charge in [-0.25, -0.2) is 0 Å². The Morgan fingerprint density at radius 2 is 1.22 bits per heavy atom. The van der Waals surface area contributed by atoms with Gasteiger partial charge in [-0.2, -0.15) is 0 Å². The van der Waals surface area contributed by atoms with E-state index in [-0.39, 0.29) is 6.42 Å². The van der Waals surface area contributed by atoms with Crippen LogP contribution < -0.4 is 0 Å². The van der Waals surface area contributed by atoms with Crippen LogP contribution in [-0.4, -0.2) is 37.1 Å². The lowest BCUT2D eigenvalue weighted by Crippen LogP contribution is -2.58. The van der Waals surface area contributed by atoms with Gasteiger partial charge in [0, 0.05) is 6.54 Å². The first-order valence-corrected chi connectivity index (χ1v) is 13.8. The van der Waals surface area contributed by atoms with Crippen LogP contribution in [0, 0.1) is 5.92 Å². The van der Waals surface area contributed by atoms with Crippen molar-refractivity contribution in [2.75, 3.05) is 14.2 Å². The number of esters is 2. The van der Waals surface area contributed by atoms with Crippen molar-refractivity contribution in [3.05, 3.63) is 144 Å². The van der Waals surface area contributed by atoms with Crippen LogP contribution in [0.3, 0.4) is 0 Å². The van der Waals surface area contributed by atoms with Crippen LogP contribution in [0.2, 0.25) is 0 Å². The molecule has 0 aliphatic heterocycles. The van der Waals surface area contributed by atoms with Crippen molar-refractivity contribution in [3.8, 4) is 11.1 Å². The maximum absolute atomic E-state index is 14.0. The minimum atomic E-state index is -0.997. The second kappa shape index (κ2) is 11.9. The third-order valence-corrected chi connectivity index (χ3v) is 7.97. The number of carbonyl (C=O) groups excluding carboxylic acids is 2. The van der Waals surface area contributed by atoms with E-state index in [1.165, 1.54) is 14.2 Å². The Bertz CT molecular complexity index is 1500. The van der Waals surface area contributed by atoms with E-state index in [1.807, 2.05) is 79.7 Å². The minimum absolute atomic E-state index is 0.270. The molecule has 0 unspecified atom stereocenters. The van der Waals surface area contributed by atoms with E-state index >= 15 is 0 Å². The fourth-order valence-corrected chi connectivity index (χ4v) is 6.36. The molecule has 0 saturated heterocycles. The summed E-state index contributed by atoms with van der Waals surface area (Å²) in [5.41, 5.74) is 6.08. The molecule has 1 aliphatic carbocycles. The van der Waals surface area contributed by atoms with Crippen molar-refractivity contribution in [3.63, 3.8) is 0 Å². The number of hydrogen-bond acceptors (Lipinski definition) is 5. The topological polar surface area (TPSA) is 55.8 Å². The summed E-state index contributed by atoms with van der Waals surface area (Å²) in [6.07, 6.45) is 0.270. The molecule has 5 rings (SSSR count). The number of hydrogen-bond donors (Lipinski definition) is 0. The standard InChI is InChI=1S/C36H35NO4/c1-25(2)23-30(34(38)40-3)33(35(39)41-4)37(24-26-15-7-5-8-16-26)36(27-17-9-6-10-18-27)31-21-13-11-19-28(31)29-20-12-14-22-32(29)36/h5-22,30,33H,1,23-24H2,2-4H3/t30-,33-/m1/s1. The van der Waals surface area contributed by atoms with E-state index in [9.17, 15) is 9.59 Å². The van der Waals surface area contributed by atoms with Gasteiger partial charge in [0.05, 0.1) is 25.7 Å². The molecule has 0 amide bonds. The maximum Gasteiger partial charge on any atom is 0.324 e. The normalized spacial score (nSPS) is 14.4. The van der Waals surface area contributed by atoms with Crippen LogP contribution in [0.4, 0.5) is 0 Å². The van der Waals surface area contributed by atoms with Gasteiger partial charge in [-0.05, 0) is 46.7 Å². The largest absolute Gasteiger partial charge is 0.469 e. The Hall–Kier alpha value is -4.48. The zero-order valence-electron chi connectivity index (χ0n) is 23.7. The summed E-state index contributed by atoms with van der Waals surface area (Å²) in [6, 6.07) is 35.9. The maximum atomic E-state index is 14.0. The van der Waals surface area contributed by atoms with Crippen LogP contribution in [0.5, 0.6) is 0 Å². The highest BCUT2D eigenvalue weighted by Crippen LogP contribution is 2.56. The third-order valence-electron chi connectivity index (χ3n) is 7.97. The number of allylic oxidation sites excluding steroid dienone is 1. The highest BCUT2D eigenvalue weighted by Gasteiger charge is 2.55. The van der Waals surface area contributed by atoms with Gasteiger partial charge < -0.3 is 9.47 Å². The Labute approximate surface area is 242 Å². The second-order valence-electron chi connectivity index (χ2n) is 10.5. The van der Waals surface area contributed by atoms with Crippen molar-refractivity contribution >= 4 is 11.9 Å². The molecule has 208 valence electrons. The molecule has 0 N–H and O–H groups in total. The molecule has 0 radical (unpaired) electrons. The van der Waals surface area contributed by atoms with Crippen molar-refractivity contribution < 1.29 is 19.1 Å². The van der Waals surface area contributed by atoms with Gasteiger partial charge >= 0.3 is 11.9 Å². The number of rotatable bonds is 10. The van der Waals surface area contributed by atoms with Gasteiger partial charge in [-0.1, -0.05) is 115 Å². The van der Waals surface area contributed by atoms with Crippen molar-refractivity contribution in [2.45, 2.75) is 31.5 Å². The molecule has 41 heavy (non-hydrogen) atoms. The average molecular weight is 546 g/mol. The fraction of sp³-hybridized carbons (Fsp3) is 0.222. The number of ether oxygens (including phenoxy) is 2. The Kier molecular flexibility index (Phi) is 8.18. The molecule has 5 heteroatoms. The van der Waals surface area contributed by atoms with E-state index < -0.39 is 29.4 Å². The summed E-state index contributed by atoms with van der Waals surface area (Å²) in [4.78, 5) is 29.7. The lowest BCUT2D eigenvalue weighted by molar-refractivity contribution is -0.162. The quantitative estimate of drug-likeness (QED) is 0.163. The van der Waals surface area contributed by atoms with E-state index in [0.29, 0.717) is 6.54 Å². The lowest BCUT2D eigenvalue weighted by atomic mass is 9.76. The molecule has 0 saturated carbocycles. The molecule has 5 nitrogen and oxygen atoms in total. The SMILES string of the molecule is C=C(C)C[C@@H](C(=O)OC)[C@H](C(=O)OC)N(Cc1ccccc1)C1(c2ccccc2)c2ccccc2-c2ccccc21. The Morgan fingerprint density at radius 1 is 0.732 bits per heavy atom. The lowest BCUT2D eigenvalue weighted by Gasteiger charge is -2.48. The van der Waals surface area contributed by atoms with Gasteiger partial charge in [0.25, 0.3) is 0 Å². The zero-order valence-corrected chi connectivity index (χ0v) is 23.7. The monoisotopic (exact) mass is 545 g/mol.